The number of allylic oxidation sites excluding steroid dienone is 1. The minimum Gasteiger partial charge on any atom is -0.456 e. The molecule has 0 fully saturated rings. The summed E-state index contributed by atoms with van der Waals surface area (Å²) in [5, 5.41) is 12.2. The molecule has 0 bridgehead atoms. The van der Waals surface area contributed by atoms with Gasteiger partial charge in [-0.25, -0.2) is 9.98 Å². The van der Waals surface area contributed by atoms with Gasteiger partial charge < -0.3 is 4.42 Å². The number of aliphatic imine (C=N–C) groups is 2. The molecule has 0 N–H and O–H groups in total. The van der Waals surface area contributed by atoms with Gasteiger partial charge in [-0.05, 0) is 116 Å². The van der Waals surface area contributed by atoms with E-state index in [1.807, 2.05) is 11.3 Å². The molecule has 0 radical (unpaired) electrons. The van der Waals surface area contributed by atoms with E-state index in [1.165, 1.54) is 80.3 Å². The predicted molar refractivity (Wildman–Crippen MR) is 289 cm³/mol. The lowest BCUT2D eigenvalue weighted by atomic mass is 9.82. The van der Waals surface area contributed by atoms with E-state index in [0.717, 1.165) is 69.3 Å². The highest BCUT2D eigenvalue weighted by molar-refractivity contribution is 7.25. The number of thiophene rings is 1. The Bertz CT molecular complexity index is 4160. The molecule has 0 saturated heterocycles. The summed E-state index contributed by atoms with van der Waals surface area (Å²) < 4.78 is 9.72. The summed E-state index contributed by atoms with van der Waals surface area (Å²) in [6.07, 6.45) is 5.03. The summed E-state index contributed by atoms with van der Waals surface area (Å²) in [5.74, 6) is 0.884. The molecule has 0 amide bonds. The number of nitrogens with zero attached hydrogens (tertiary/aromatic N) is 2. The second-order valence-corrected chi connectivity index (χ2v) is 19.8. The van der Waals surface area contributed by atoms with Crippen LogP contribution in [0.25, 0.3) is 91.3 Å². The minimum absolute atomic E-state index is 0.0710. The second-order valence-electron chi connectivity index (χ2n) is 18.7. The predicted octanol–water partition coefficient (Wildman–Crippen LogP) is 17.5. The van der Waals surface area contributed by atoms with Crippen molar-refractivity contribution in [2.24, 2.45) is 15.9 Å². The number of amidine groups is 1. The van der Waals surface area contributed by atoms with Crippen LogP contribution in [0.4, 0.5) is 0 Å². The van der Waals surface area contributed by atoms with Crippen molar-refractivity contribution in [3.63, 3.8) is 0 Å². The molecule has 4 heteroatoms. The number of furan rings is 1. The molecule has 0 saturated carbocycles. The van der Waals surface area contributed by atoms with Gasteiger partial charge in [0.25, 0.3) is 0 Å². The van der Waals surface area contributed by atoms with Gasteiger partial charge in [0, 0.05) is 59.5 Å². The molecule has 68 heavy (non-hydrogen) atoms. The third kappa shape index (κ3) is 6.32. The molecule has 1 aliphatic heterocycles. The maximum atomic E-state index is 7.16. The molecule has 1 aliphatic carbocycles. The Balaban J connectivity index is 1.00. The van der Waals surface area contributed by atoms with Crippen molar-refractivity contribution < 1.29 is 4.42 Å². The summed E-state index contributed by atoms with van der Waals surface area (Å²) in [6, 6.07) is 71.3. The average Bonchev–Trinajstić information content (AvgIpc) is 3.91. The highest BCUT2D eigenvalue weighted by Crippen LogP contribution is 2.49. The van der Waals surface area contributed by atoms with E-state index in [9.17, 15) is 0 Å². The Hall–Kier alpha value is -7.92. The molecule has 2 aromatic heterocycles. The van der Waals surface area contributed by atoms with Crippen LogP contribution >= 0.6 is 11.3 Å². The van der Waals surface area contributed by atoms with Gasteiger partial charge in [0.1, 0.15) is 11.2 Å². The van der Waals surface area contributed by atoms with Crippen molar-refractivity contribution in [2.45, 2.75) is 32.1 Å². The van der Waals surface area contributed by atoms with Crippen molar-refractivity contribution in [3.05, 3.63) is 234 Å². The second kappa shape index (κ2) is 15.6. The number of hydrogen-bond donors (Lipinski definition) is 0. The van der Waals surface area contributed by atoms with Gasteiger partial charge in [0.2, 0.25) is 0 Å². The first-order valence-electron chi connectivity index (χ1n) is 23.9. The molecule has 3 heterocycles. The first-order chi connectivity index (χ1) is 33.6. The molecule has 3 nitrogen and oxygen atoms in total. The lowest BCUT2D eigenvalue weighted by Crippen LogP contribution is -2.17. The number of rotatable bonds is 4. The Morgan fingerprint density at radius 1 is 0.515 bits per heavy atom. The molecule has 2 aliphatic rings. The Labute approximate surface area is 398 Å². The maximum Gasteiger partial charge on any atom is 0.160 e. The lowest BCUT2D eigenvalue weighted by molar-refractivity contribution is 0.647. The van der Waals surface area contributed by atoms with Gasteiger partial charge in [-0.15, -0.1) is 11.3 Å². The summed E-state index contributed by atoms with van der Waals surface area (Å²) in [5.41, 5.74) is 13.5. The number of benzene rings is 10. The molecular formula is C64H44N2OS. The highest BCUT2D eigenvalue weighted by atomic mass is 32.1. The van der Waals surface area contributed by atoms with Crippen molar-refractivity contribution in [1.82, 2.24) is 0 Å². The number of para-hydroxylation sites is 1. The van der Waals surface area contributed by atoms with E-state index in [4.69, 9.17) is 14.4 Å². The Kier molecular flexibility index (Phi) is 9.00. The van der Waals surface area contributed by atoms with E-state index in [-0.39, 0.29) is 11.8 Å². The minimum atomic E-state index is 0.0710. The van der Waals surface area contributed by atoms with Crippen LogP contribution in [0.3, 0.4) is 0 Å². The normalized spacial score (nSPS) is 18.7. The standard InChI is InChI=1S/C64H44N2OS/c1-38-22-33-56(45-27-29-50-49-18-9-11-21-58(49)68-59(50)37-45)65-64(66-62(38)46-24-23-39-12-2-3-14-41(39)35-46)54-32-31-52(63-61(54)53-19-8-10-20-57(53)67-63)48-28-26-44-34-42-15-4-5-16-43(42)36-55(44)60-47-17-7-6-13-40(47)25-30-51(48)60/h2-21,23-25,27,29-38,48H,22,26,28H2,1H3/b56-33+,65-64-,66-62+. The van der Waals surface area contributed by atoms with Crippen LogP contribution in [0, 0.1) is 5.92 Å². The van der Waals surface area contributed by atoms with Gasteiger partial charge in [-0.2, -0.15) is 0 Å². The third-order valence-electron chi connectivity index (χ3n) is 14.8. The van der Waals surface area contributed by atoms with Crippen LogP contribution in [0.2, 0.25) is 0 Å². The Morgan fingerprint density at radius 2 is 1.19 bits per heavy atom. The maximum absolute atomic E-state index is 7.16. The summed E-state index contributed by atoms with van der Waals surface area (Å²) >= 11 is 1.84. The zero-order valence-corrected chi connectivity index (χ0v) is 38.4. The van der Waals surface area contributed by atoms with Crippen LogP contribution in [0.15, 0.2) is 215 Å². The molecule has 0 spiro atoms. The molecule has 10 aromatic carbocycles. The van der Waals surface area contributed by atoms with E-state index < -0.39 is 0 Å². The van der Waals surface area contributed by atoms with E-state index >= 15 is 0 Å². The zero-order valence-electron chi connectivity index (χ0n) is 37.5. The fraction of sp³-hybridized carbons (Fsp3) is 0.0938. The van der Waals surface area contributed by atoms with Gasteiger partial charge in [-0.3, -0.25) is 0 Å². The monoisotopic (exact) mass is 888 g/mol. The topological polar surface area (TPSA) is 37.9 Å². The van der Waals surface area contributed by atoms with Gasteiger partial charge in [0.15, 0.2) is 5.84 Å². The molecule has 322 valence electrons. The van der Waals surface area contributed by atoms with Crippen LogP contribution < -0.4 is 0 Å². The van der Waals surface area contributed by atoms with Crippen molar-refractivity contribution in [1.29, 1.82) is 0 Å². The third-order valence-corrected chi connectivity index (χ3v) is 15.9. The fourth-order valence-corrected chi connectivity index (χ4v) is 12.5. The average molecular weight is 889 g/mol. The molecule has 12 aromatic rings. The van der Waals surface area contributed by atoms with Crippen molar-refractivity contribution in [3.8, 4) is 11.1 Å². The molecule has 14 rings (SSSR count). The van der Waals surface area contributed by atoms with Crippen LogP contribution in [-0.2, 0) is 6.42 Å². The Morgan fingerprint density at radius 3 is 2.06 bits per heavy atom. The van der Waals surface area contributed by atoms with Crippen molar-refractivity contribution >= 4 is 103 Å². The van der Waals surface area contributed by atoms with Crippen molar-refractivity contribution in [2.75, 3.05) is 0 Å². The molecule has 2 unspecified atom stereocenters. The molecular weight excluding hydrogens is 845 g/mol. The highest BCUT2D eigenvalue weighted by Gasteiger charge is 2.30. The lowest BCUT2D eigenvalue weighted by Gasteiger charge is -2.22. The summed E-state index contributed by atoms with van der Waals surface area (Å²) in [7, 11) is 0. The molecule has 2 atom stereocenters. The largest absolute Gasteiger partial charge is 0.456 e. The number of hydrogen-bond acceptors (Lipinski definition) is 4. The van der Waals surface area contributed by atoms with Gasteiger partial charge in [-0.1, -0.05) is 171 Å². The number of aryl methyl sites for hydroxylation is 1. The van der Waals surface area contributed by atoms with Gasteiger partial charge in [0.05, 0.1) is 11.4 Å². The first-order valence-corrected chi connectivity index (χ1v) is 24.7. The van der Waals surface area contributed by atoms with E-state index in [0.29, 0.717) is 5.84 Å². The summed E-state index contributed by atoms with van der Waals surface area (Å²) in [4.78, 5) is 11.4. The summed E-state index contributed by atoms with van der Waals surface area (Å²) in [6.45, 7) is 2.31. The van der Waals surface area contributed by atoms with E-state index in [2.05, 4.69) is 207 Å². The van der Waals surface area contributed by atoms with E-state index in [1.54, 1.807) is 0 Å². The van der Waals surface area contributed by atoms with Crippen LogP contribution in [0.1, 0.15) is 59.1 Å². The number of fused-ring (bicyclic) bond motifs is 13. The zero-order chi connectivity index (χ0) is 44.9. The quantitative estimate of drug-likeness (QED) is 0.173. The van der Waals surface area contributed by atoms with Crippen LogP contribution in [-0.4, -0.2) is 11.5 Å². The van der Waals surface area contributed by atoms with Gasteiger partial charge >= 0.3 is 0 Å². The van der Waals surface area contributed by atoms with Crippen LogP contribution in [0.5, 0.6) is 0 Å². The SMILES string of the molecule is CC1C/C=C(c2ccc3c(c2)sc2ccccc23)/N=C(c2ccc(C3CCc4cc5ccccc5cc4-c4c3ccc3ccccc43)c3oc4ccccc4c23)\N=C/1c1ccc2ccccc2c1. The smallest absolute Gasteiger partial charge is 0.160 e. The fourth-order valence-electron chi connectivity index (χ4n) is 11.4. The first kappa shape index (κ1) is 39.3.